The summed E-state index contributed by atoms with van der Waals surface area (Å²) in [5.41, 5.74) is 0. The molecule has 0 radical (unpaired) electrons. The SMILES string of the molecule is CCCCC/C=C\C/C=C\CCCCCCCCCCCC(=O)OCCCCCCCCCCCCCCCCCCCCCCCCCCCC(=O)NC(CO)C(O)CCCCCCCCCCCCCCCCCCCC. The number of nitrogens with one attached hydrogen (secondary N) is 1. The highest BCUT2D eigenvalue weighted by Crippen LogP contribution is 2.19. The highest BCUT2D eigenvalue weighted by Gasteiger charge is 2.20. The molecule has 2 atom stereocenters. The predicted molar refractivity (Wildman–Crippen MR) is 347 cm³/mol. The van der Waals surface area contributed by atoms with Gasteiger partial charge in [-0.3, -0.25) is 9.59 Å². The molecule has 6 nitrogen and oxygen atoms in total. The fourth-order valence-electron chi connectivity index (χ4n) is 11.5. The van der Waals surface area contributed by atoms with Gasteiger partial charge in [0, 0.05) is 12.8 Å². The summed E-state index contributed by atoms with van der Waals surface area (Å²) in [4.78, 5) is 24.7. The molecule has 0 heterocycles. The molecule has 0 saturated heterocycles. The lowest BCUT2D eigenvalue weighted by atomic mass is 10.0. The third-order valence-corrected chi connectivity index (χ3v) is 17.0. The molecule has 0 bridgehead atoms. The lowest BCUT2D eigenvalue weighted by molar-refractivity contribution is -0.143. The molecule has 1 amide bonds. The Morgan fingerprint density at radius 3 is 0.987 bits per heavy atom. The van der Waals surface area contributed by atoms with Gasteiger partial charge in [-0.1, -0.05) is 359 Å². The van der Waals surface area contributed by atoms with E-state index >= 15 is 0 Å². The van der Waals surface area contributed by atoms with Crippen molar-refractivity contribution in [1.82, 2.24) is 5.32 Å². The average Bonchev–Trinajstić information content (AvgIpc) is 3.45. The zero-order valence-corrected chi connectivity index (χ0v) is 53.6. The smallest absolute Gasteiger partial charge is 0.305 e. The zero-order valence-electron chi connectivity index (χ0n) is 53.6. The third kappa shape index (κ3) is 65.4. The van der Waals surface area contributed by atoms with Crippen molar-refractivity contribution in [2.24, 2.45) is 0 Å². The van der Waals surface area contributed by atoms with Crippen molar-refractivity contribution in [1.29, 1.82) is 0 Å². The minimum Gasteiger partial charge on any atom is -0.466 e. The van der Waals surface area contributed by atoms with Gasteiger partial charge in [0.05, 0.1) is 25.4 Å². The van der Waals surface area contributed by atoms with E-state index in [1.807, 2.05) is 0 Å². The maximum absolute atomic E-state index is 12.5. The second kappa shape index (κ2) is 68.8. The Hall–Kier alpha value is -1.66. The van der Waals surface area contributed by atoms with Crippen LogP contribution in [0.25, 0.3) is 0 Å². The summed E-state index contributed by atoms with van der Waals surface area (Å²) in [5, 5.41) is 23.4. The van der Waals surface area contributed by atoms with Crippen molar-refractivity contribution in [3.63, 3.8) is 0 Å². The Kier molecular flexibility index (Phi) is 67.4. The van der Waals surface area contributed by atoms with Gasteiger partial charge in [0.15, 0.2) is 0 Å². The van der Waals surface area contributed by atoms with Gasteiger partial charge in [0.1, 0.15) is 0 Å². The Morgan fingerprint density at radius 2 is 0.633 bits per heavy atom. The van der Waals surface area contributed by atoms with Crippen LogP contribution in [0.15, 0.2) is 24.3 Å². The van der Waals surface area contributed by atoms with E-state index in [-0.39, 0.29) is 18.5 Å². The van der Waals surface area contributed by atoms with Crippen molar-refractivity contribution >= 4 is 11.9 Å². The van der Waals surface area contributed by atoms with Crippen molar-refractivity contribution in [2.45, 2.75) is 418 Å². The van der Waals surface area contributed by atoms with E-state index in [1.54, 1.807) is 0 Å². The standard InChI is InChI=1S/C73H141NO5/c1-3-5-7-9-11-13-15-17-19-21-30-35-39-43-47-51-55-59-63-67-73(78)79-68-64-60-56-52-48-44-40-36-32-29-27-25-23-24-26-28-31-34-38-42-46-50-54-58-62-66-72(77)74-70(69-75)71(76)65-61-57-53-49-45-41-37-33-22-20-18-16-14-12-10-8-6-4-2/h11,13,17,19,70-71,75-76H,3-10,12,14-16,18,20-69H2,1-2H3,(H,74,77)/b13-11-,19-17-. The molecule has 0 aliphatic rings. The summed E-state index contributed by atoms with van der Waals surface area (Å²) in [6.45, 7) is 4.97. The number of aliphatic hydroxyl groups excluding tert-OH is 2. The first kappa shape index (κ1) is 77.3. The molecule has 0 rings (SSSR count). The first-order chi connectivity index (χ1) is 39.0. The number of amides is 1. The van der Waals surface area contributed by atoms with Crippen LogP contribution in [0.5, 0.6) is 0 Å². The summed E-state index contributed by atoms with van der Waals surface area (Å²) < 4.78 is 5.51. The van der Waals surface area contributed by atoms with Crippen molar-refractivity contribution in [3.05, 3.63) is 24.3 Å². The fourth-order valence-corrected chi connectivity index (χ4v) is 11.5. The topological polar surface area (TPSA) is 95.9 Å². The van der Waals surface area contributed by atoms with E-state index < -0.39 is 12.1 Å². The van der Waals surface area contributed by atoms with Crippen LogP contribution < -0.4 is 5.32 Å². The molecule has 0 fully saturated rings. The van der Waals surface area contributed by atoms with Gasteiger partial charge < -0.3 is 20.3 Å². The first-order valence-electron chi connectivity index (χ1n) is 36.1. The largest absolute Gasteiger partial charge is 0.466 e. The van der Waals surface area contributed by atoms with E-state index in [1.165, 1.54) is 321 Å². The van der Waals surface area contributed by atoms with Gasteiger partial charge in [-0.05, 0) is 57.8 Å². The van der Waals surface area contributed by atoms with E-state index in [0.717, 1.165) is 51.4 Å². The van der Waals surface area contributed by atoms with E-state index in [9.17, 15) is 19.8 Å². The lowest BCUT2D eigenvalue weighted by Crippen LogP contribution is -2.45. The van der Waals surface area contributed by atoms with Crippen LogP contribution in [0.1, 0.15) is 406 Å². The Bertz CT molecular complexity index is 1230. The fraction of sp³-hybridized carbons (Fsp3) is 0.918. The van der Waals surface area contributed by atoms with E-state index in [0.29, 0.717) is 25.9 Å². The number of ether oxygens (including phenoxy) is 1. The summed E-state index contributed by atoms with van der Waals surface area (Å²) >= 11 is 0. The molecular weight excluding hydrogens is 971 g/mol. The molecule has 468 valence electrons. The molecule has 6 heteroatoms. The minimum absolute atomic E-state index is 0.0136. The molecule has 2 unspecified atom stereocenters. The average molecular weight is 1110 g/mol. The van der Waals surface area contributed by atoms with Crippen LogP contribution >= 0.6 is 0 Å². The lowest BCUT2D eigenvalue weighted by Gasteiger charge is -2.22. The van der Waals surface area contributed by atoms with Crippen LogP contribution in [0, 0.1) is 0 Å². The molecule has 0 aromatic rings. The molecule has 0 saturated carbocycles. The Morgan fingerprint density at radius 1 is 0.354 bits per heavy atom. The van der Waals surface area contributed by atoms with Crippen LogP contribution in [-0.2, 0) is 14.3 Å². The zero-order chi connectivity index (χ0) is 57.1. The number of rotatable bonds is 68. The predicted octanol–water partition coefficient (Wildman–Crippen LogP) is 23.3. The highest BCUT2D eigenvalue weighted by molar-refractivity contribution is 5.76. The monoisotopic (exact) mass is 1110 g/mol. The molecule has 0 spiro atoms. The normalized spacial score (nSPS) is 12.6. The quantitative estimate of drug-likeness (QED) is 0.0320. The summed E-state index contributed by atoms with van der Waals surface area (Å²) in [5.74, 6) is -0.0157. The van der Waals surface area contributed by atoms with Gasteiger partial charge in [0.25, 0.3) is 0 Å². The number of hydrogen-bond donors (Lipinski definition) is 3. The highest BCUT2D eigenvalue weighted by atomic mass is 16.5. The van der Waals surface area contributed by atoms with Gasteiger partial charge >= 0.3 is 5.97 Å². The van der Waals surface area contributed by atoms with Gasteiger partial charge in [-0.15, -0.1) is 0 Å². The Labute approximate surface area is 494 Å². The van der Waals surface area contributed by atoms with Crippen LogP contribution in [0.2, 0.25) is 0 Å². The number of carbonyl (C=O) groups is 2. The van der Waals surface area contributed by atoms with Gasteiger partial charge in [0.2, 0.25) is 5.91 Å². The summed E-state index contributed by atoms with van der Waals surface area (Å²) in [6, 6.07) is -0.540. The molecule has 0 aromatic carbocycles. The Balaban J connectivity index is 3.35. The summed E-state index contributed by atoms with van der Waals surface area (Å²) in [6.07, 6.45) is 86.5. The maximum Gasteiger partial charge on any atom is 0.305 e. The molecule has 3 N–H and O–H groups in total. The number of carbonyl (C=O) groups excluding carboxylic acids is 2. The van der Waals surface area contributed by atoms with Crippen LogP contribution in [-0.4, -0.2) is 47.4 Å². The van der Waals surface area contributed by atoms with Crippen molar-refractivity contribution in [3.8, 4) is 0 Å². The molecule has 0 aliphatic carbocycles. The van der Waals surface area contributed by atoms with Crippen LogP contribution in [0.3, 0.4) is 0 Å². The minimum atomic E-state index is -0.663. The molecule has 0 aromatic heterocycles. The third-order valence-electron chi connectivity index (χ3n) is 17.0. The molecular formula is C73H141NO5. The second-order valence-electron chi connectivity index (χ2n) is 24.9. The van der Waals surface area contributed by atoms with Gasteiger partial charge in [-0.2, -0.15) is 0 Å². The number of hydrogen-bond acceptors (Lipinski definition) is 5. The maximum atomic E-state index is 12.5. The first-order valence-corrected chi connectivity index (χ1v) is 36.1. The van der Waals surface area contributed by atoms with E-state index in [2.05, 4.69) is 43.5 Å². The summed E-state index contributed by atoms with van der Waals surface area (Å²) in [7, 11) is 0. The number of esters is 1. The molecule has 0 aliphatic heterocycles. The molecule has 79 heavy (non-hydrogen) atoms. The van der Waals surface area contributed by atoms with Crippen LogP contribution in [0.4, 0.5) is 0 Å². The van der Waals surface area contributed by atoms with Crippen molar-refractivity contribution in [2.75, 3.05) is 13.2 Å². The van der Waals surface area contributed by atoms with Gasteiger partial charge in [-0.25, -0.2) is 0 Å². The number of aliphatic hydroxyl groups is 2. The van der Waals surface area contributed by atoms with E-state index in [4.69, 9.17) is 4.74 Å². The second-order valence-corrected chi connectivity index (χ2v) is 24.9. The number of unbranched alkanes of at least 4 members (excludes halogenated alkanes) is 53. The van der Waals surface area contributed by atoms with Crippen molar-refractivity contribution < 1.29 is 24.5 Å². The number of allylic oxidation sites excluding steroid dienone is 4.